The van der Waals surface area contributed by atoms with E-state index in [0.717, 1.165) is 0 Å². The van der Waals surface area contributed by atoms with Crippen molar-refractivity contribution in [2.75, 3.05) is 12.4 Å². The lowest BCUT2D eigenvalue weighted by Gasteiger charge is -2.09. The van der Waals surface area contributed by atoms with Gasteiger partial charge in [0.2, 0.25) is 0 Å². The molecule has 0 fully saturated rings. The molecule has 2 rings (SSSR count). The summed E-state index contributed by atoms with van der Waals surface area (Å²) < 4.78 is 5.45. The van der Waals surface area contributed by atoms with E-state index in [1.807, 2.05) is 0 Å². The number of amides is 1. The molecule has 25 heavy (non-hydrogen) atoms. The van der Waals surface area contributed by atoms with Crippen molar-refractivity contribution < 1.29 is 14.5 Å². The fraction of sp³-hybridized carbons (Fsp3) is 0.0588. The number of carbonyl (C=O) groups is 1. The second kappa shape index (κ2) is 8.08. The molecule has 8 heteroatoms. The molecule has 0 heterocycles. The highest BCUT2D eigenvalue weighted by atomic mass is 79.9. The van der Waals surface area contributed by atoms with Crippen molar-refractivity contribution in [2.24, 2.45) is 0 Å². The second-order valence-corrected chi connectivity index (χ2v) is 5.65. The molecule has 0 aliphatic heterocycles. The summed E-state index contributed by atoms with van der Waals surface area (Å²) in [6.07, 6.45) is 1.28. The lowest BCUT2D eigenvalue weighted by atomic mass is 10.1. The molecule has 0 saturated carbocycles. The van der Waals surface area contributed by atoms with E-state index in [-0.39, 0.29) is 11.3 Å². The number of rotatable bonds is 5. The summed E-state index contributed by atoms with van der Waals surface area (Å²) in [4.78, 5) is 22.7. The van der Waals surface area contributed by atoms with Crippen LogP contribution >= 0.6 is 15.9 Å². The summed E-state index contributed by atoms with van der Waals surface area (Å²) >= 11 is 3.08. The number of methoxy groups -OCH3 is 1. The SMILES string of the molecule is COc1ccccc1NC(=O)/C(C#N)=C/c1ccc(Br)c([N+](=O)[O-])c1. The minimum atomic E-state index is -0.641. The summed E-state index contributed by atoms with van der Waals surface area (Å²) in [6.45, 7) is 0. The fourth-order valence-corrected chi connectivity index (χ4v) is 2.40. The maximum atomic E-state index is 12.3. The molecular weight excluding hydrogens is 390 g/mol. The largest absolute Gasteiger partial charge is 0.495 e. The average molecular weight is 402 g/mol. The molecule has 2 aromatic carbocycles. The Morgan fingerprint density at radius 1 is 1.36 bits per heavy atom. The van der Waals surface area contributed by atoms with Gasteiger partial charge in [-0.3, -0.25) is 14.9 Å². The van der Waals surface area contributed by atoms with Crippen molar-refractivity contribution in [1.82, 2.24) is 0 Å². The van der Waals surface area contributed by atoms with Gasteiger partial charge in [0.15, 0.2) is 0 Å². The number of nitrogens with zero attached hydrogens (tertiary/aromatic N) is 2. The number of anilines is 1. The van der Waals surface area contributed by atoms with Crippen molar-refractivity contribution >= 4 is 39.3 Å². The van der Waals surface area contributed by atoms with Gasteiger partial charge < -0.3 is 10.1 Å². The van der Waals surface area contributed by atoms with Crippen molar-refractivity contribution in [3.8, 4) is 11.8 Å². The zero-order chi connectivity index (χ0) is 18.4. The molecule has 1 N–H and O–H groups in total. The Morgan fingerprint density at radius 2 is 2.08 bits per heavy atom. The Kier molecular flexibility index (Phi) is 5.87. The molecule has 126 valence electrons. The Hall–Kier alpha value is -3.18. The Morgan fingerprint density at radius 3 is 2.72 bits per heavy atom. The Balaban J connectivity index is 2.31. The molecule has 0 bridgehead atoms. The number of ether oxygens (including phenoxy) is 1. The third kappa shape index (κ3) is 4.43. The summed E-state index contributed by atoms with van der Waals surface area (Å²) in [5.74, 6) is -0.190. The molecule has 0 atom stereocenters. The first-order valence-electron chi connectivity index (χ1n) is 6.96. The third-order valence-electron chi connectivity index (χ3n) is 3.20. The molecule has 0 aromatic heterocycles. The molecule has 0 aliphatic rings. The van der Waals surface area contributed by atoms with Gasteiger partial charge in [-0.2, -0.15) is 5.26 Å². The van der Waals surface area contributed by atoms with Crippen LogP contribution in [0, 0.1) is 21.4 Å². The van der Waals surface area contributed by atoms with E-state index in [2.05, 4.69) is 21.2 Å². The van der Waals surface area contributed by atoms with Gasteiger partial charge in [0.05, 0.1) is 22.2 Å². The number of carbonyl (C=O) groups excluding carboxylic acids is 1. The van der Waals surface area contributed by atoms with Crippen LogP contribution in [0.2, 0.25) is 0 Å². The number of para-hydroxylation sites is 2. The number of hydrogen-bond donors (Lipinski definition) is 1. The maximum absolute atomic E-state index is 12.3. The zero-order valence-corrected chi connectivity index (χ0v) is 14.6. The highest BCUT2D eigenvalue weighted by Gasteiger charge is 2.15. The highest BCUT2D eigenvalue weighted by Crippen LogP contribution is 2.27. The Bertz CT molecular complexity index is 903. The minimum Gasteiger partial charge on any atom is -0.495 e. The third-order valence-corrected chi connectivity index (χ3v) is 3.87. The second-order valence-electron chi connectivity index (χ2n) is 4.79. The first kappa shape index (κ1) is 18.2. The number of nitriles is 1. The van der Waals surface area contributed by atoms with Crippen LogP contribution in [0.1, 0.15) is 5.56 Å². The van der Waals surface area contributed by atoms with Gasteiger partial charge in [-0.15, -0.1) is 0 Å². The van der Waals surface area contributed by atoms with Crippen LogP contribution in [0.25, 0.3) is 6.08 Å². The summed E-state index contributed by atoms with van der Waals surface area (Å²) in [5, 5.41) is 22.8. The lowest BCUT2D eigenvalue weighted by molar-refractivity contribution is -0.385. The molecule has 1 amide bonds. The van der Waals surface area contributed by atoms with E-state index >= 15 is 0 Å². The molecule has 0 spiro atoms. The van der Waals surface area contributed by atoms with E-state index in [1.54, 1.807) is 36.4 Å². The zero-order valence-electron chi connectivity index (χ0n) is 13.0. The summed E-state index contributed by atoms with van der Waals surface area (Å²) in [7, 11) is 1.47. The Labute approximate surface area is 151 Å². The van der Waals surface area contributed by atoms with Gasteiger partial charge in [0.25, 0.3) is 11.6 Å². The van der Waals surface area contributed by atoms with Gasteiger partial charge >= 0.3 is 0 Å². The predicted octanol–water partition coefficient (Wildman–Crippen LogP) is 3.91. The van der Waals surface area contributed by atoms with Crippen molar-refractivity contribution in [3.05, 3.63) is 68.2 Å². The van der Waals surface area contributed by atoms with Crippen LogP contribution in [-0.4, -0.2) is 17.9 Å². The number of halogens is 1. The van der Waals surface area contributed by atoms with Crippen molar-refractivity contribution in [1.29, 1.82) is 5.26 Å². The van der Waals surface area contributed by atoms with Crippen LogP contribution in [-0.2, 0) is 4.79 Å². The minimum absolute atomic E-state index is 0.156. The van der Waals surface area contributed by atoms with Crippen LogP contribution in [0.4, 0.5) is 11.4 Å². The molecule has 0 aliphatic carbocycles. The van der Waals surface area contributed by atoms with Crippen LogP contribution < -0.4 is 10.1 Å². The van der Waals surface area contributed by atoms with E-state index in [4.69, 9.17) is 4.74 Å². The number of nitro groups is 1. The normalized spacial score (nSPS) is 10.7. The van der Waals surface area contributed by atoms with Gasteiger partial charge in [-0.25, -0.2) is 0 Å². The quantitative estimate of drug-likeness (QED) is 0.353. The number of nitro benzene ring substituents is 1. The van der Waals surface area contributed by atoms with Crippen molar-refractivity contribution in [2.45, 2.75) is 0 Å². The molecule has 0 radical (unpaired) electrons. The smallest absolute Gasteiger partial charge is 0.284 e. The molecule has 0 saturated heterocycles. The molecular formula is C17H12BrN3O4. The first-order valence-corrected chi connectivity index (χ1v) is 7.75. The van der Waals surface area contributed by atoms with Gasteiger partial charge in [0, 0.05) is 6.07 Å². The van der Waals surface area contributed by atoms with E-state index < -0.39 is 10.8 Å². The topological polar surface area (TPSA) is 105 Å². The van der Waals surface area contributed by atoms with Crippen LogP contribution in [0.15, 0.2) is 52.5 Å². The monoisotopic (exact) mass is 401 g/mol. The summed E-state index contributed by atoms with van der Waals surface area (Å²) in [6, 6.07) is 12.9. The lowest BCUT2D eigenvalue weighted by Crippen LogP contribution is -2.14. The van der Waals surface area contributed by atoms with E-state index in [9.17, 15) is 20.2 Å². The number of benzene rings is 2. The highest BCUT2D eigenvalue weighted by molar-refractivity contribution is 9.10. The van der Waals surface area contributed by atoms with Crippen LogP contribution in [0.5, 0.6) is 5.75 Å². The van der Waals surface area contributed by atoms with Crippen LogP contribution in [0.3, 0.4) is 0 Å². The van der Waals surface area contributed by atoms with Gasteiger partial charge in [0.1, 0.15) is 17.4 Å². The summed E-state index contributed by atoms with van der Waals surface area (Å²) in [5.41, 5.74) is 0.429. The van der Waals surface area contributed by atoms with Gasteiger partial charge in [-0.05, 0) is 45.8 Å². The molecule has 7 nitrogen and oxygen atoms in total. The average Bonchev–Trinajstić information content (AvgIpc) is 2.61. The first-order chi connectivity index (χ1) is 12.0. The van der Waals surface area contributed by atoms with Crippen molar-refractivity contribution in [3.63, 3.8) is 0 Å². The molecule has 2 aromatic rings. The molecule has 0 unspecified atom stereocenters. The van der Waals surface area contributed by atoms with E-state index in [0.29, 0.717) is 21.5 Å². The predicted molar refractivity (Wildman–Crippen MR) is 96.0 cm³/mol. The number of nitrogens with one attached hydrogen (secondary N) is 1. The number of hydrogen-bond acceptors (Lipinski definition) is 5. The fourth-order valence-electron chi connectivity index (χ4n) is 2.01. The van der Waals surface area contributed by atoms with Gasteiger partial charge in [-0.1, -0.05) is 18.2 Å². The standard InChI is InChI=1S/C17H12BrN3O4/c1-25-16-5-3-2-4-14(16)20-17(22)12(10-19)8-11-6-7-13(18)15(9-11)21(23)24/h2-9H,1H3,(H,20,22)/b12-8+. The maximum Gasteiger partial charge on any atom is 0.284 e. The van der Waals surface area contributed by atoms with E-state index in [1.165, 1.54) is 25.3 Å².